The molecule has 4 atom stereocenters. The molecule has 2 bridgehead atoms. The Morgan fingerprint density at radius 3 is 3.00 bits per heavy atom. The first-order chi connectivity index (χ1) is 15.5. The van der Waals surface area contributed by atoms with Gasteiger partial charge in [-0.3, -0.25) is 9.59 Å². The summed E-state index contributed by atoms with van der Waals surface area (Å²) >= 11 is 0. The summed E-state index contributed by atoms with van der Waals surface area (Å²) in [5.41, 5.74) is 1.84. The molecule has 2 N–H and O–H groups in total. The normalized spacial score (nSPS) is 28.0. The van der Waals surface area contributed by atoms with E-state index in [2.05, 4.69) is 16.4 Å². The van der Waals surface area contributed by atoms with Gasteiger partial charge in [0.05, 0.1) is 24.5 Å². The lowest BCUT2D eigenvalue weighted by molar-refractivity contribution is -0.135. The SMILES string of the molecule is O=C(Nc1cccc(F)c1)C1C2C=C[C@@]3(CN(CCc4c[nH]c5ccccc45)C(=O)C13)O2. The number of nitrogens with zero attached hydrogens (tertiary/aromatic N) is 1. The van der Waals surface area contributed by atoms with Crippen LogP contribution in [0.2, 0.25) is 0 Å². The lowest BCUT2D eigenvalue weighted by Crippen LogP contribution is -2.41. The Kier molecular flexibility index (Phi) is 4.23. The molecule has 3 unspecified atom stereocenters. The highest BCUT2D eigenvalue weighted by atomic mass is 19.1. The summed E-state index contributed by atoms with van der Waals surface area (Å²) in [5.74, 6) is -1.99. The molecule has 6 nitrogen and oxygen atoms in total. The Hall–Kier alpha value is -3.45. The molecule has 3 aromatic rings. The summed E-state index contributed by atoms with van der Waals surface area (Å²) in [6.07, 6.45) is 6.09. The van der Waals surface area contributed by atoms with Crippen molar-refractivity contribution < 1.29 is 18.7 Å². The van der Waals surface area contributed by atoms with Crippen LogP contribution in [-0.2, 0) is 20.7 Å². The highest BCUT2D eigenvalue weighted by molar-refractivity contribution is 5.99. The van der Waals surface area contributed by atoms with Crippen molar-refractivity contribution in [3.05, 3.63) is 78.3 Å². The maximum absolute atomic E-state index is 13.5. The molecule has 0 saturated carbocycles. The number of amides is 2. The molecule has 2 aromatic carbocycles. The molecule has 3 aliphatic rings. The summed E-state index contributed by atoms with van der Waals surface area (Å²) in [5, 5.41) is 3.92. The van der Waals surface area contributed by atoms with Gasteiger partial charge in [-0.25, -0.2) is 4.39 Å². The number of anilines is 1. The molecule has 3 aliphatic heterocycles. The van der Waals surface area contributed by atoms with E-state index in [1.807, 2.05) is 36.5 Å². The second-order valence-corrected chi connectivity index (χ2v) is 8.77. The first kappa shape index (κ1) is 19.3. The van der Waals surface area contributed by atoms with Gasteiger partial charge in [0, 0.05) is 29.3 Å². The van der Waals surface area contributed by atoms with Gasteiger partial charge >= 0.3 is 0 Å². The molecule has 7 heteroatoms. The average Bonchev–Trinajstić information content (AvgIpc) is 3.52. The van der Waals surface area contributed by atoms with Crippen molar-refractivity contribution in [3.63, 3.8) is 0 Å². The molecule has 2 amide bonds. The molecule has 2 saturated heterocycles. The van der Waals surface area contributed by atoms with Crippen LogP contribution < -0.4 is 5.32 Å². The van der Waals surface area contributed by atoms with Crippen LogP contribution in [-0.4, -0.2) is 46.5 Å². The van der Waals surface area contributed by atoms with Gasteiger partial charge < -0.3 is 19.9 Å². The number of fused-ring (bicyclic) bond motifs is 2. The van der Waals surface area contributed by atoms with E-state index in [-0.39, 0.29) is 11.8 Å². The molecular formula is C25H22FN3O3. The number of likely N-dealkylation sites (tertiary alicyclic amines) is 1. The van der Waals surface area contributed by atoms with Gasteiger partial charge in [-0.2, -0.15) is 0 Å². The monoisotopic (exact) mass is 431 g/mol. The van der Waals surface area contributed by atoms with Crippen molar-refractivity contribution in [3.8, 4) is 0 Å². The van der Waals surface area contributed by atoms with Crippen LogP contribution in [0.1, 0.15) is 5.56 Å². The lowest BCUT2D eigenvalue weighted by atomic mass is 9.77. The average molecular weight is 431 g/mol. The number of carbonyl (C=O) groups is 2. The molecule has 32 heavy (non-hydrogen) atoms. The third-order valence-corrected chi connectivity index (χ3v) is 6.90. The smallest absolute Gasteiger partial charge is 0.231 e. The Morgan fingerprint density at radius 1 is 1.25 bits per heavy atom. The third-order valence-electron chi connectivity index (χ3n) is 6.90. The molecule has 6 rings (SSSR count). The number of halogens is 1. The summed E-state index contributed by atoms with van der Waals surface area (Å²) in [7, 11) is 0. The number of hydrogen-bond donors (Lipinski definition) is 2. The van der Waals surface area contributed by atoms with Crippen molar-refractivity contribution in [1.29, 1.82) is 0 Å². The van der Waals surface area contributed by atoms with Gasteiger partial charge in [0.2, 0.25) is 11.8 Å². The molecule has 162 valence electrons. The molecule has 1 spiro atoms. The van der Waals surface area contributed by atoms with Gasteiger partial charge in [0.25, 0.3) is 0 Å². The standard InChI is InChI=1S/C25H22FN3O3/c26-16-4-3-5-17(12-16)28-23(30)21-20-8-10-25(32-20)14-29(24(31)22(21)25)11-9-15-13-27-19-7-2-1-6-18(15)19/h1-8,10,12-13,20-22,27H,9,11,14H2,(H,28,30)/t20?,21?,22?,25-/m0/s1. The molecule has 0 aliphatic carbocycles. The topological polar surface area (TPSA) is 74.4 Å². The zero-order chi connectivity index (χ0) is 21.9. The summed E-state index contributed by atoms with van der Waals surface area (Å²) in [6, 6.07) is 13.8. The van der Waals surface area contributed by atoms with E-state index >= 15 is 0 Å². The lowest BCUT2D eigenvalue weighted by Gasteiger charge is -2.23. The number of aromatic amines is 1. The van der Waals surface area contributed by atoms with Crippen LogP contribution in [0.3, 0.4) is 0 Å². The Balaban J connectivity index is 1.20. The molecule has 2 fully saturated rings. The Labute approximate surface area is 184 Å². The van der Waals surface area contributed by atoms with Gasteiger partial charge in [-0.15, -0.1) is 0 Å². The fourth-order valence-electron chi connectivity index (χ4n) is 5.45. The minimum atomic E-state index is -0.758. The number of aromatic nitrogens is 1. The highest BCUT2D eigenvalue weighted by Crippen LogP contribution is 2.52. The van der Waals surface area contributed by atoms with Crippen molar-refractivity contribution >= 4 is 28.4 Å². The molecule has 1 aromatic heterocycles. The van der Waals surface area contributed by atoms with Gasteiger partial charge in [-0.05, 0) is 36.2 Å². The number of para-hydroxylation sites is 1. The van der Waals surface area contributed by atoms with E-state index in [1.54, 1.807) is 11.0 Å². The van der Waals surface area contributed by atoms with E-state index < -0.39 is 29.4 Å². The maximum atomic E-state index is 13.5. The number of nitrogens with one attached hydrogen (secondary N) is 2. The van der Waals surface area contributed by atoms with Crippen LogP contribution in [0.25, 0.3) is 10.9 Å². The highest BCUT2D eigenvalue weighted by Gasteiger charge is 2.66. The first-order valence-corrected chi connectivity index (χ1v) is 10.8. The quantitative estimate of drug-likeness (QED) is 0.609. The predicted molar refractivity (Wildman–Crippen MR) is 117 cm³/mol. The minimum Gasteiger partial charge on any atom is -0.361 e. The number of hydrogen-bond acceptors (Lipinski definition) is 3. The van der Waals surface area contributed by atoms with E-state index in [0.717, 1.165) is 16.5 Å². The molecule has 0 radical (unpaired) electrons. The van der Waals surface area contributed by atoms with Crippen LogP contribution in [0, 0.1) is 17.7 Å². The third kappa shape index (κ3) is 2.88. The molecular weight excluding hydrogens is 409 g/mol. The van der Waals surface area contributed by atoms with Crippen molar-refractivity contribution in [1.82, 2.24) is 9.88 Å². The van der Waals surface area contributed by atoms with Crippen LogP contribution >= 0.6 is 0 Å². The van der Waals surface area contributed by atoms with Gasteiger partial charge in [0.15, 0.2) is 0 Å². The zero-order valence-corrected chi connectivity index (χ0v) is 17.3. The van der Waals surface area contributed by atoms with Crippen LogP contribution in [0.4, 0.5) is 10.1 Å². The Morgan fingerprint density at radius 2 is 2.12 bits per heavy atom. The van der Waals surface area contributed by atoms with E-state index in [0.29, 0.717) is 25.2 Å². The van der Waals surface area contributed by atoms with Crippen molar-refractivity contribution in [2.75, 3.05) is 18.4 Å². The number of benzene rings is 2. The fraction of sp³-hybridized carbons (Fsp3) is 0.280. The minimum absolute atomic E-state index is 0.0592. The van der Waals surface area contributed by atoms with E-state index in [9.17, 15) is 14.0 Å². The van der Waals surface area contributed by atoms with Gasteiger partial charge in [0.1, 0.15) is 11.4 Å². The predicted octanol–water partition coefficient (Wildman–Crippen LogP) is 3.27. The van der Waals surface area contributed by atoms with E-state index in [4.69, 9.17) is 4.74 Å². The Bertz CT molecular complexity index is 1270. The largest absolute Gasteiger partial charge is 0.361 e. The summed E-state index contributed by atoms with van der Waals surface area (Å²) < 4.78 is 19.7. The van der Waals surface area contributed by atoms with E-state index in [1.165, 1.54) is 18.2 Å². The first-order valence-electron chi connectivity index (χ1n) is 10.8. The number of carbonyl (C=O) groups excluding carboxylic acids is 2. The van der Waals surface area contributed by atoms with Crippen LogP contribution in [0.5, 0.6) is 0 Å². The summed E-state index contributed by atoms with van der Waals surface area (Å²) in [6.45, 7) is 0.995. The van der Waals surface area contributed by atoms with Crippen molar-refractivity contribution in [2.24, 2.45) is 11.8 Å². The molecule has 4 heterocycles. The number of H-pyrrole nitrogens is 1. The van der Waals surface area contributed by atoms with Crippen LogP contribution in [0.15, 0.2) is 66.9 Å². The number of ether oxygens (including phenoxy) is 1. The second-order valence-electron chi connectivity index (χ2n) is 8.77. The van der Waals surface area contributed by atoms with Gasteiger partial charge in [-0.1, -0.05) is 36.4 Å². The zero-order valence-electron chi connectivity index (χ0n) is 17.3. The maximum Gasteiger partial charge on any atom is 0.231 e. The summed E-state index contributed by atoms with van der Waals surface area (Å²) in [4.78, 5) is 31.5. The fourth-order valence-corrected chi connectivity index (χ4v) is 5.45. The second kappa shape index (κ2) is 7.03. The number of rotatable bonds is 5. The van der Waals surface area contributed by atoms with Crippen molar-refractivity contribution in [2.45, 2.75) is 18.1 Å².